The van der Waals surface area contributed by atoms with Gasteiger partial charge in [0.05, 0.1) is 16.7 Å². The van der Waals surface area contributed by atoms with Gasteiger partial charge in [-0.15, -0.1) is 0 Å². The van der Waals surface area contributed by atoms with E-state index >= 15 is 0 Å². The molecule has 1 aromatic carbocycles. The van der Waals surface area contributed by atoms with Crippen molar-refractivity contribution in [2.24, 2.45) is 11.3 Å². The van der Waals surface area contributed by atoms with Crippen LogP contribution >= 0.6 is 0 Å². The van der Waals surface area contributed by atoms with Crippen LogP contribution in [0.3, 0.4) is 0 Å². The van der Waals surface area contributed by atoms with E-state index in [0.29, 0.717) is 5.92 Å². The number of nitrogens with zero attached hydrogens (tertiary/aromatic N) is 1. The number of non-ortho nitro benzene ring substituents is 1. The third kappa shape index (κ3) is 1.86. The summed E-state index contributed by atoms with van der Waals surface area (Å²) >= 11 is 0. The summed E-state index contributed by atoms with van der Waals surface area (Å²) in [5.74, 6) is -0.113. The molecule has 3 rings (SSSR count). The highest BCUT2D eigenvalue weighted by atomic mass is 19.1. The Balaban J connectivity index is 1.84. The molecule has 1 N–H and O–H groups in total. The van der Waals surface area contributed by atoms with Crippen molar-refractivity contribution in [1.29, 1.82) is 0 Å². The van der Waals surface area contributed by atoms with Crippen LogP contribution in [0.25, 0.3) is 0 Å². The molecule has 1 aliphatic heterocycles. The van der Waals surface area contributed by atoms with Crippen LogP contribution in [-0.4, -0.2) is 23.7 Å². The summed E-state index contributed by atoms with van der Waals surface area (Å²) in [6, 6.07) is 3.64. The van der Waals surface area contributed by atoms with E-state index in [-0.39, 0.29) is 28.9 Å². The first-order valence-electron chi connectivity index (χ1n) is 6.73. The van der Waals surface area contributed by atoms with Crippen molar-refractivity contribution in [2.45, 2.75) is 32.4 Å². The van der Waals surface area contributed by atoms with Crippen molar-refractivity contribution >= 4 is 11.4 Å². The summed E-state index contributed by atoms with van der Waals surface area (Å²) in [4.78, 5) is 10.3. The number of nitro groups is 1. The molecule has 1 aromatic rings. The maximum atomic E-state index is 13.8. The minimum Gasteiger partial charge on any atom is -0.379 e. The van der Waals surface area contributed by atoms with Gasteiger partial charge in [-0.25, -0.2) is 4.39 Å². The first-order valence-corrected chi connectivity index (χ1v) is 6.73. The van der Waals surface area contributed by atoms with Crippen LogP contribution in [0.1, 0.15) is 20.3 Å². The highest BCUT2D eigenvalue weighted by Crippen LogP contribution is 2.53. The van der Waals surface area contributed by atoms with Crippen LogP contribution in [0.4, 0.5) is 15.8 Å². The predicted molar refractivity (Wildman–Crippen MR) is 72.1 cm³/mol. The molecule has 0 amide bonds. The molecule has 3 atom stereocenters. The molecule has 5 nitrogen and oxygen atoms in total. The lowest BCUT2D eigenvalue weighted by Gasteiger charge is -2.55. The van der Waals surface area contributed by atoms with Crippen LogP contribution in [0.2, 0.25) is 0 Å². The second-order valence-corrected chi connectivity index (χ2v) is 6.11. The number of hydrogen-bond acceptors (Lipinski definition) is 4. The van der Waals surface area contributed by atoms with E-state index in [1.807, 2.05) is 0 Å². The Morgan fingerprint density at radius 2 is 2.25 bits per heavy atom. The average molecular weight is 280 g/mol. The van der Waals surface area contributed by atoms with Crippen LogP contribution in [0.15, 0.2) is 18.2 Å². The molecular weight excluding hydrogens is 263 g/mol. The zero-order valence-corrected chi connectivity index (χ0v) is 11.4. The van der Waals surface area contributed by atoms with Gasteiger partial charge in [-0.2, -0.15) is 0 Å². The van der Waals surface area contributed by atoms with Gasteiger partial charge in [-0.05, 0) is 12.5 Å². The topological polar surface area (TPSA) is 64.4 Å². The molecule has 1 saturated carbocycles. The lowest BCUT2D eigenvalue weighted by molar-refractivity contribution is -0.384. The van der Waals surface area contributed by atoms with Crippen LogP contribution in [-0.2, 0) is 4.74 Å². The number of benzene rings is 1. The standard InChI is InChI=1S/C14H17FN2O3/c1-14(2)12(9-5-6-20-13(9)14)16-11-7-8(17(18)19)3-4-10(11)15/h3-4,7,9,12-13,16H,5-6H2,1-2H3. The lowest BCUT2D eigenvalue weighted by atomic mass is 9.57. The number of fused-ring (bicyclic) bond motifs is 1. The molecule has 0 spiro atoms. The third-order valence-electron chi connectivity index (χ3n) is 4.57. The second-order valence-electron chi connectivity index (χ2n) is 6.11. The largest absolute Gasteiger partial charge is 0.379 e. The smallest absolute Gasteiger partial charge is 0.271 e. The number of hydrogen-bond donors (Lipinski definition) is 1. The van der Waals surface area contributed by atoms with Crippen molar-refractivity contribution < 1.29 is 14.1 Å². The summed E-state index contributed by atoms with van der Waals surface area (Å²) in [6.07, 6.45) is 1.14. The summed E-state index contributed by atoms with van der Waals surface area (Å²) in [6.45, 7) is 4.88. The second kappa shape index (κ2) is 4.41. The third-order valence-corrected chi connectivity index (χ3v) is 4.57. The highest BCUT2D eigenvalue weighted by molar-refractivity contribution is 5.54. The number of rotatable bonds is 3. The number of ether oxygens (including phenoxy) is 1. The Bertz CT molecular complexity index is 561. The highest BCUT2D eigenvalue weighted by Gasteiger charge is 2.59. The Hall–Kier alpha value is -1.69. The van der Waals surface area contributed by atoms with Gasteiger partial charge in [0.15, 0.2) is 0 Å². The van der Waals surface area contributed by atoms with Crippen molar-refractivity contribution in [3.8, 4) is 0 Å². The van der Waals surface area contributed by atoms with Gasteiger partial charge in [0, 0.05) is 36.1 Å². The van der Waals surface area contributed by atoms with Crippen molar-refractivity contribution in [3.63, 3.8) is 0 Å². The average Bonchev–Trinajstić information content (AvgIpc) is 2.84. The van der Waals surface area contributed by atoms with Gasteiger partial charge in [0.1, 0.15) is 5.82 Å². The zero-order chi connectivity index (χ0) is 14.5. The van der Waals surface area contributed by atoms with Crippen LogP contribution < -0.4 is 5.32 Å². The van der Waals surface area contributed by atoms with Gasteiger partial charge in [-0.3, -0.25) is 10.1 Å². The van der Waals surface area contributed by atoms with Gasteiger partial charge >= 0.3 is 0 Å². The molecule has 0 aromatic heterocycles. The van der Waals surface area contributed by atoms with E-state index in [9.17, 15) is 14.5 Å². The fraction of sp³-hybridized carbons (Fsp3) is 0.571. The van der Waals surface area contributed by atoms with E-state index < -0.39 is 10.7 Å². The maximum absolute atomic E-state index is 13.8. The molecule has 0 bridgehead atoms. The monoisotopic (exact) mass is 280 g/mol. The normalized spacial score (nSPS) is 30.4. The molecule has 2 fully saturated rings. The van der Waals surface area contributed by atoms with E-state index in [2.05, 4.69) is 19.2 Å². The molecule has 1 saturated heterocycles. The molecule has 108 valence electrons. The van der Waals surface area contributed by atoms with E-state index in [4.69, 9.17) is 4.74 Å². The summed E-state index contributed by atoms with van der Waals surface area (Å²) < 4.78 is 19.5. The molecule has 20 heavy (non-hydrogen) atoms. The fourth-order valence-electron chi connectivity index (χ4n) is 3.52. The number of halogens is 1. The number of nitrogens with one attached hydrogen (secondary N) is 1. The van der Waals surface area contributed by atoms with Gasteiger partial charge in [0.2, 0.25) is 0 Å². The molecule has 3 unspecified atom stereocenters. The summed E-state index contributed by atoms with van der Waals surface area (Å²) in [5.41, 5.74) is -0.00835. The summed E-state index contributed by atoms with van der Waals surface area (Å²) in [7, 11) is 0. The SMILES string of the molecule is CC1(C)C(Nc2cc([N+](=O)[O-])ccc2F)C2CCOC21. The van der Waals surface area contributed by atoms with Gasteiger partial charge in [-0.1, -0.05) is 13.8 Å². The molecule has 2 aliphatic rings. The number of nitro benzene ring substituents is 1. The van der Waals surface area contributed by atoms with Gasteiger partial charge < -0.3 is 10.1 Å². The minimum absolute atomic E-state index is 0.0755. The van der Waals surface area contributed by atoms with Crippen LogP contribution in [0, 0.1) is 27.3 Å². The number of anilines is 1. The predicted octanol–water partition coefficient (Wildman–Crippen LogP) is 2.96. The van der Waals surface area contributed by atoms with Crippen LogP contribution in [0.5, 0.6) is 0 Å². The maximum Gasteiger partial charge on any atom is 0.271 e. The minimum atomic E-state index is -0.516. The van der Waals surface area contributed by atoms with E-state index in [0.717, 1.165) is 19.1 Å². The van der Waals surface area contributed by atoms with Crippen molar-refractivity contribution in [2.75, 3.05) is 11.9 Å². The first kappa shape index (κ1) is 13.3. The Morgan fingerprint density at radius 1 is 1.50 bits per heavy atom. The molecular formula is C14H17FN2O3. The van der Waals surface area contributed by atoms with E-state index in [1.54, 1.807) is 0 Å². The quantitative estimate of drug-likeness (QED) is 0.683. The molecule has 1 aliphatic carbocycles. The fourth-order valence-corrected chi connectivity index (χ4v) is 3.52. The van der Waals surface area contributed by atoms with E-state index in [1.165, 1.54) is 12.1 Å². The summed E-state index contributed by atoms with van der Waals surface area (Å²) in [5, 5.41) is 13.9. The lowest BCUT2D eigenvalue weighted by Crippen LogP contribution is -2.63. The van der Waals surface area contributed by atoms with Crippen molar-refractivity contribution in [1.82, 2.24) is 0 Å². The first-order chi connectivity index (χ1) is 9.41. The van der Waals surface area contributed by atoms with Crippen molar-refractivity contribution in [3.05, 3.63) is 34.1 Å². The Kier molecular flexibility index (Phi) is 2.93. The zero-order valence-electron chi connectivity index (χ0n) is 11.4. The Morgan fingerprint density at radius 3 is 2.95 bits per heavy atom. The van der Waals surface area contributed by atoms with Gasteiger partial charge in [0.25, 0.3) is 5.69 Å². The Labute approximate surface area is 116 Å². The molecule has 6 heteroatoms. The molecule has 0 radical (unpaired) electrons. The molecule has 1 heterocycles.